The maximum Gasteiger partial charge on any atom is 0.308 e. The molecule has 1 fully saturated rings. The lowest BCUT2D eigenvalue weighted by atomic mass is 10.1. The van der Waals surface area contributed by atoms with Gasteiger partial charge in [0.2, 0.25) is 5.91 Å². The SMILES string of the molecule is CC(CN(C(=O)/C=C/c1ccco1)C1CC1)C(=O)O. The number of carboxylic acid groups (broad SMARTS) is 1. The van der Waals surface area contributed by atoms with E-state index in [0.29, 0.717) is 5.76 Å². The Morgan fingerprint density at radius 1 is 1.58 bits per heavy atom. The number of carboxylic acids is 1. The molecule has 1 atom stereocenters. The second-order valence-corrected chi connectivity index (χ2v) is 4.81. The number of amides is 1. The van der Waals surface area contributed by atoms with Gasteiger partial charge in [-0.2, -0.15) is 0 Å². The van der Waals surface area contributed by atoms with Crippen LogP contribution >= 0.6 is 0 Å². The van der Waals surface area contributed by atoms with Crippen LogP contribution in [0.2, 0.25) is 0 Å². The van der Waals surface area contributed by atoms with Crippen LogP contribution in [0.5, 0.6) is 0 Å². The molecule has 19 heavy (non-hydrogen) atoms. The third-order valence-corrected chi connectivity index (χ3v) is 3.10. The molecule has 1 saturated carbocycles. The highest BCUT2D eigenvalue weighted by atomic mass is 16.4. The molecule has 1 aliphatic carbocycles. The molecule has 0 radical (unpaired) electrons. The molecule has 1 aromatic rings. The van der Waals surface area contributed by atoms with Crippen molar-refractivity contribution in [2.24, 2.45) is 5.92 Å². The maximum absolute atomic E-state index is 12.1. The number of hydrogen-bond donors (Lipinski definition) is 1. The van der Waals surface area contributed by atoms with Gasteiger partial charge in [-0.3, -0.25) is 9.59 Å². The van der Waals surface area contributed by atoms with Crippen LogP contribution in [0.25, 0.3) is 6.08 Å². The fourth-order valence-electron chi connectivity index (χ4n) is 1.81. The zero-order valence-electron chi connectivity index (χ0n) is 10.8. The summed E-state index contributed by atoms with van der Waals surface area (Å²) in [6.45, 7) is 1.86. The van der Waals surface area contributed by atoms with Gasteiger partial charge in [0.15, 0.2) is 0 Å². The van der Waals surface area contributed by atoms with Crippen LogP contribution in [0.1, 0.15) is 25.5 Å². The zero-order chi connectivity index (χ0) is 13.8. The minimum absolute atomic E-state index is 0.160. The van der Waals surface area contributed by atoms with Crippen LogP contribution in [0, 0.1) is 5.92 Å². The van der Waals surface area contributed by atoms with E-state index in [-0.39, 0.29) is 18.5 Å². The molecule has 0 spiro atoms. The van der Waals surface area contributed by atoms with E-state index in [1.807, 2.05) is 0 Å². The highest BCUT2D eigenvalue weighted by Gasteiger charge is 2.33. The van der Waals surface area contributed by atoms with Crippen molar-refractivity contribution >= 4 is 18.0 Å². The number of rotatable bonds is 6. The van der Waals surface area contributed by atoms with E-state index in [2.05, 4.69) is 0 Å². The largest absolute Gasteiger partial charge is 0.481 e. The van der Waals surface area contributed by atoms with Crippen LogP contribution in [-0.4, -0.2) is 34.5 Å². The van der Waals surface area contributed by atoms with Crippen molar-refractivity contribution in [2.75, 3.05) is 6.54 Å². The van der Waals surface area contributed by atoms with Gasteiger partial charge in [-0.25, -0.2) is 0 Å². The van der Waals surface area contributed by atoms with Gasteiger partial charge in [-0.1, -0.05) is 6.92 Å². The van der Waals surface area contributed by atoms with Gasteiger partial charge in [0, 0.05) is 18.7 Å². The summed E-state index contributed by atoms with van der Waals surface area (Å²) in [6.07, 6.45) is 6.48. The molecule has 1 aliphatic rings. The average Bonchev–Trinajstić information content (AvgIpc) is 3.08. The lowest BCUT2D eigenvalue weighted by molar-refractivity contribution is -0.142. The van der Waals surface area contributed by atoms with Gasteiger partial charge in [0.25, 0.3) is 0 Å². The van der Waals surface area contributed by atoms with E-state index < -0.39 is 11.9 Å². The lowest BCUT2D eigenvalue weighted by Gasteiger charge is -2.22. The third-order valence-electron chi connectivity index (χ3n) is 3.10. The third kappa shape index (κ3) is 3.71. The zero-order valence-corrected chi connectivity index (χ0v) is 10.8. The topological polar surface area (TPSA) is 70.8 Å². The molecule has 0 saturated heterocycles. The Hall–Kier alpha value is -2.04. The minimum atomic E-state index is -0.881. The second-order valence-electron chi connectivity index (χ2n) is 4.81. The summed E-state index contributed by atoms with van der Waals surface area (Å²) in [5.74, 6) is -0.989. The maximum atomic E-state index is 12.1. The van der Waals surface area contributed by atoms with Crippen molar-refractivity contribution in [1.82, 2.24) is 4.90 Å². The first-order valence-electron chi connectivity index (χ1n) is 6.33. The fraction of sp³-hybridized carbons (Fsp3) is 0.429. The Morgan fingerprint density at radius 2 is 2.32 bits per heavy atom. The van der Waals surface area contributed by atoms with Crippen molar-refractivity contribution < 1.29 is 19.1 Å². The summed E-state index contributed by atoms with van der Waals surface area (Å²) in [5.41, 5.74) is 0. The predicted molar refractivity (Wildman–Crippen MR) is 69.3 cm³/mol. The normalized spacial score (nSPS) is 16.5. The van der Waals surface area contributed by atoms with Gasteiger partial charge in [-0.05, 0) is 31.1 Å². The van der Waals surface area contributed by atoms with Crippen LogP contribution in [0.3, 0.4) is 0 Å². The van der Waals surface area contributed by atoms with Crippen molar-refractivity contribution in [1.29, 1.82) is 0 Å². The number of nitrogens with zero attached hydrogens (tertiary/aromatic N) is 1. The van der Waals surface area contributed by atoms with Gasteiger partial charge in [0.1, 0.15) is 5.76 Å². The van der Waals surface area contributed by atoms with E-state index in [0.717, 1.165) is 12.8 Å². The summed E-state index contributed by atoms with van der Waals surface area (Å²) in [4.78, 5) is 24.6. The van der Waals surface area contributed by atoms with Crippen molar-refractivity contribution in [3.8, 4) is 0 Å². The smallest absolute Gasteiger partial charge is 0.308 e. The van der Waals surface area contributed by atoms with Gasteiger partial charge in [0.05, 0.1) is 12.2 Å². The lowest BCUT2D eigenvalue weighted by Crippen LogP contribution is -2.37. The highest BCUT2D eigenvalue weighted by Crippen LogP contribution is 2.28. The molecular formula is C14H17NO4. The summed E-state index contributed by atoms with van der Waals surface area (Å²) in [5, 5.41) is 8.92. The molecular weight excluding hydrogens is 246 g/mol. The molecule has 1 unspecified atom stereocenters. The van der Waals surface area contributed by atoms with Gasteiger partial charge < -0.3 is 14.4 Å². The van der Waals surface area contributed by atoms with Crippen LogP contribution < -0.4 is 0 Å². The summed E-state index contributed by atoms with van der Waals surface area (Å²) >= 11 is 0. The quantitative estimate of drug-likeness (QED) is 0.797. The summed E-state index contributed by atoms with van der Waals surface area (Å²) in [6, 6.07) is 3.69. The van der Waals surface area contributed by atoms with Crippen molar-refractivity contribution in [3.63, 3.8) is 0 Å². The Balaban J connectivity index is 1.98. The molecule has 1 heterocycles. The van der Waals surface area contributed by atoms with E-state index in [4.69, 9.17) is 9.52 Å². The first kappa shape index (κ1) is 13.4. The molecule has 2 rings (SSSR count). The van der Waals surface area contributed by atoms with E-state index in [1.54, 1.807) is 30.0 Å². The Morgan fingerprint density at radius 3 is 2.84 bits per heavy atom. The molecule has 1 aromatic heterocycles. The summed E-state index contributed by atoms with van der Waals surface area (Å²) < 4.78 is 5.11. The molecule has 1 N–H and O–H groups in total. The van der Waals surface area contributed by atoms with Crippen LogP contribution in [-0.2, 0) is 9.59 Å². The Bertz CT molecular complexity index is 474. The Kier molecular flexibility index (Phi) is 4.04. The fourth-order valence-corrected chi connectivity index (χ4v) is 1.81. The number of carbonyl (C=O) groups excluding carboxylic acids is 1. The number of furan rings is 1. The Labute approximate surface area is 111 Å². The first-order chi connectivity index (χ1) is 9.08. The van der Waals surface area contributed by atoms with Crippen LogP contribution in [0.15, 0.2) is 28.9 Å². The summed E-state index contributed by atoms with van der Waals surface area (Å²) in [7, 11) is 0. The van der Waals surface area contributed by atoms with E-state index in [1.165, 1.54) is 12.3 Å². The van der Waals surface area contributed by atoms with Crippen LogP contribution in [0.4, 0.5) is 0 Å². The van der Waals surface area contributed by atoms with Gasteiger partial charge >= 0.3 is 5.97 Å². The number of carbonyl (C=O) groups is 2. The minimum Gasteiger partial charge on any atom is -0.481 e. The van der Waals surface area contributed by atoms with Gasteiger partial charge in [-0.15, -0.1) is 0 Å². The molecule has 102 valence electrons. The number of aliphatic carboxylic acids is 1. The number of hydrogen-bond acceptors (Lipinski definition) is 3. The van der Waals surface area contributed by atoms with E-state index >= 15 is 0 Å². The molecule has 5 heteroatoms. The molecule has 1 amide bonds. The molecule has 0 aliphatic heterocycles. The molecule has 0 bridgehead atoms. The molecule has 5 nitrogen and oxygen atoms in total. The monoisotopic (exact) mass is 263 g/mol. The standard InChI is InChI=1S/C14H17NO4/c1-10(14(17)18)9-15(11-4-5-11)13(16)7-6-12-3-2-8-19-12/h2-3,6-8,10-11H,4-5,9H2,1H3,(H,17,18)/b7-6+. The molecule has 0 aromatic carbocycles. The highest BCUT2D eigenvalue weighted by molar-refractivity contribution is 5.92. The van der Waals surface area contributed by atoms with Crippen molar-refractivity contribution in [2.45, 2.75) is 25.8 Å². The second kappa shape index (κ2) is 5.73. The predicted octanol–water partition coefficient (Wildman–Crippen LogP) is 2.00. The van der Waals surface area contributed by atoms with Crippen molar-refractivity contribution in [3.05, 3.63) is 30.2 Å². The van der Waals surface area contributed by atoms with E-state index in [9.17, 15) is 9.59 Å². The first-order valence-corrected chi connectivity index (χ1v) is 6.33. The average molecular weight is 263 g/mol.